The fraction of sp³-hybridized carbons (Fsp3) is 0.0909. The molecular weight excluding hydrogens is 379 g/mol. The summed E-state index contributed by atoms with van der Waals surface area (Å²) in [4.78, 5) is 17.1. The number of hydrogen-bond acceptors (Lipinski definition) is 2. The molecule has 1 amide bonds. The summed E-state index contributed by atoms with van der Waals surface area (Å²) in [7, 11) is 0. The van der Waals surface area contributed by atoms with Gasteiger partial charge in [-0.15, -0.1) is 0 Å². The van der Waals surface area contributed by atoms with Gasteiger partial charge < -0.3 is 5.32 Å². The molecule has 0 atom stereocenters. The zero-order valence-corrected chi connectivity index (χ0v) is 15.4. The third kappa shape index (κ3) is 3.59. The van der Waals surface area contributed by atoms with Crippen molar-refractivity contribution in [3.8, 4) is 5.69 Å². The lowest BCUT2D eigenvalue weighted by molar-refractivity contribution is -0.136. The standard InChI is InChI=1S/C22H16F3N3O/c1-14-26-19-13-15(11-12-20(19)28(14)16-7-3-2-4-8-16)21(29)27-18-10-6-5-9-17(18)22(23,24)25/h2-13H,1H3,(H,27,29). The van der Waals surface area contributed by atoms with Crippen LogP contribution < -0.4 is 5.32 Å². The molecule has 0 spiro atoms. The third-order valence-corrected chi connectivity index (χ3v) is 4.58. The van der Waals surface area contributed by atoms with E-state index < -0.39 is 17.6 Å². The van der Waals surface area contributed by atoms with Gasteiger partial charge in [0.1, 0.15) is 5.82 Å². The highest BCUT2D eigenvalue weighted by atomic mass is 19.4. The molecule has 1 heterocycles. The Morgan fingerprint density at radius 3 is 2.38 bits per heavy atom. The summed E-state index contributed by atoms with van der Waals surface area (Å²) >= 11 is 0. The number of anilines is 1. The van der Waals surface area contributed by atoms with Crippen molar-refractivity contribution in [2.75, 3.05) is 5.32 Å². The van der Waals surface area contributed by atoms with Crippen LogP contribution in [0.1, 0.15) is 21.7 Å². The topological polar surface area (TPSA) is 46.9 Å². The van der Waals surface area contributed by atoms with Gasteiger partial charge in [-0.25, -0.2) is 4.98 Å². The summed E-state index contributed by atoms with van der Waals surface area (Å²) in [6.45, 7) is 1.85. The molecule has 0 saturated heterocycles. The number of aryl methyl sites for hydroxylation is 1. The number of nitrogens with one attached hydrogen (secondary N) is 1. The number of imidazole rings is 1. The Labute approximate surface area is 164 Å². The molecule has 1 aromatic heterocycles. The number of rotatable bonds is 3. The normalized spacial score (nSPS) is 11.6. The molecule has 0 fully saturated rings. The molecule has 0 aliphatic heterocycles. The van der Waals surface area contributed by atoms with Crippen molar-refractivity contribution in [2.24, 2.45) is 0 Å². The number of hydrogen-bond donors (Lipinski definition) is 1. The lowest BCUT2D eigenvalue weighted by atomic mass is 10.1. The maximum absolute atomic E-state index is 13.2. The molecule has 146 valence electrons. The molecule has 4 nitrogen and oxygen atoms in total. The van der Waals surface area contributed by atoms with Crippen LogP contribution >= 0.6 is 0 Å². The minimum Gasteiger partial charge on any atom is -0.321 e. The van der Waals surface area contributed by atoms with Gasteiger partial charge in [0.25, 0.3) is 5.91 Å². The summed E-state index contributed by atoms with van der Waals surface area (Å²) in [6, 6.07) is 19.4. The Balaban J connectivity index is 1.69. The number of carbonyl (C=O) groups is 1. The molecule has 4 aromatic rings. The van der Waals surface area contributed by atoms with Crippen molar-refractivity contribution < 1.29 is 18.0 Å². The Morgan fingerprint density at radius 1 is 0.966 bits per heavy atom. The first-order chi connectivity index (χ1) is 13.8. The van der Waals surface area contributed by atoms with Crippen molar-refractivity contribution in [1.82, 2.24) is 9.55 Å². The predicted molar refractivity (Wildman–Crippen MR) is 105 cm³/mol. The predicted octanol–water partition coefficient (Wildman–Crippen LogP) is 5.61. The fourth-order valence-corrected chi connectivity index (χ4v) is 3.28. The van der Waals surface area contributed by atoms with Crippen molar-refractivity contribution in [2.45, 2.75) is 13.1 Å². The van der Waals surface area contributed by atoms with Gasteiger partial charge in [0.15, 0.2) is 0 Å². The van der Waals surface area contributed by atoms with Gasteiger partial charge in [-0.3, -0.25) is 9.36 Å². The van der Waals surface area contributed by atoms with Gasteiger partial charge in [0.05, 0.1) is 22.3 Å². The number of halogens is 3. The van der Waals surface area contributed by atoms with Crippen molar-refractivity contribution in [3.63, 3.8) is 0 Å². The number of amides is 1. The molecule has 0 saturated carbocycles. The molecule has 7 heteroatoms. The SMILES string of the molecule is Cc1nc2cc(C(=O)Nc3ccccc3C(F)(F)F)ccc2n1-c1ccccc1. The highest BCUT2D eigenvalue weighted by Gasteiger charge is 2.33. The second kappa shape index (κ2) is 7.09. The minimum absolute atomic E-state index is 0.229. The van der Waals surface area contributed by atoms with E-state index in [9.17, 15) is 18.0 Å². The Bertz CT molecular complexity index is 1200. The van der Waals surface area contributed by atoms with E-state index in [2.05, 4.69) is 10.3 Å². The first kappa shape index (κ1) is 18.7. The van der Waals surface area contributed by atoms with E-state index in [1.54, 1.807) is 18.2 Å². The summed E-state index contributed by atoms with van der Waals surface area (Å²) in [5.74, 6) is 0.113. The van der Waals surface area contributed by atoms with E-state index in [1.807, 2.05) is 41.8 Å². The van der Waals surface area contributed by atoms with Crippen molar-refractivity contribution >= 4 is 22.6 Å². The molecule has 0 bridgehead atoms. The number of nitrogens with zero attached hydrogens (tertiary/aromatic N) is 2. The number of aromatic nitrogens is 2. The second-order valence-electron chi connectivity index (χ2n) is 6.53. The molecule has 0 aliphatic carbocycles. The summed E-state index contributed by atoms with van der Waals surface area (Å²) in [5.41, 5.74) is 1.38. The van der Waals surface area contributed by atoms with Crippen LogP contribution in [0.15, 0.2) is 72.8 Å². The van der Waals surface area contributed by atoms with Crippen LogP contribution in [0, 0.1) is 6.92 Å². The summed E-state index contributed by atoms with van der Waals surface area (Å²) < 4.78 is 41.4. The molecule has 0 aliphatic rings. The van der Waals surface area contributed by atoms with E-state index in [1.165, 1.54) is 18.2 Å². The second-order valence-corrected chi connectivity index (χ2v) is 6.53. The maximum atomic E-state index is 13.2. The van der Waals surface area contributed by atoms with Crippen LogP contribution in [0.2, 0.25) is 0 Å². The first-order valence-electron chi connectivity index (χ1n) is 8.87. The lowest BCUT2D eigenvalue weighted by Gasteiger charge is -2.13. The van der Waals surface area contributed by atoms with Crippen LogP contribution in [0.3, 0.4) is 0 Å². The largest absolute Gasteiger partial charge is 0.418 e. The quantitative estimate of drug-likeness (QED) is 0.490. The van der Waals surface area contributed by atoms with Gasteiger partial charge in [-0.2, -0.15) is 13.2 Å². The number of carbonyl (C=O) groups excluding carboxylic acids is 1. The summed E-state index contributed by atoms with van der Waals surface area (Å²) in [5, 5.41) is 2.36. The molecule has 0 unspecified atom stereocenters. The third-order valence-electron chi connectivity index (χ3n) is 4.58. The van der Waals surface area contributed by atoms with Crippen LogP contribution in [0.25, 0.3) is 16.7 Å². The van der Waals surface area contributed by atoms with Crippen LogP contribution in [0.5, 0.6) is 0 Å². The monoisotopic (exact) mass is 395 g/mol. The van der Waals surface area contributed by atoms with Gasteiger partial charge in [-0.1, -0.05) is 30.3 Å². The highest BCUT2D eigenvalue weighted by molar-refractivity contribution is 6.06. The smallest absolute Gasteiger partial charge is 0.321 e. The molecule has 3 aromatic carbocycles. The average Bonchev–Trinajstić information content (AvgIpc) is 3.03. The number of fused-ring (bicyclic) bond motifs is 1. The molecular formula is C22H16F3N3O. The molecule has 29 heavy (non-hydrogen) atoms. The highest BCUT2D eigenvalue weighted by Crippen LogP contribution is 2.34. The molecule has 4 rings (SSSR count). The lowest BCUT2D eigenvalue weighted by Crippen LogP contribution is -2.16. The van der Waals surface area contributed by atoms with E-state index in [0.29, 0.717) is 5.52 Å². The molecule has 1 N–H and O–H groups in total. The first-order valence-corrected chi connectivity index (χ1v) is 8.87. The average molecular weight is 395 g/mol. The number of para-hydroxylation sites is 2. The Morgan fingerprint density at radius 2 is 1.66 bits per heavy atom. The number of benzene rings is 3. The fourth-order valence-electron chi connectivity index (χ4n) is 3.28. The van der Waals surface area contributed by atoms with Crippen LogP contribution in [-0.4, -0.2) is 15.5 Å². The van der Waals surface area contributed by atoms with Gasteiger partial charge in [0.2, 0.25) is 0 Å². The van der Waals surface area contributed by atoms with Gasteiger partial charge >= 0.3 is 6.18 Å². The maximum Gasteiger partial charge on any atom is 0.418 e. The molecule has 0 radical (unpaired) electrons. The Hall–Kier alpha value is -3.61. The minimum atomic E-state index is -4.56. The van der Waals surface area contributed by atoms with Crippen LogP contribution in [-0.2, 0) is 6.18 Å². The van der Waals surface area contributed by atoms with Gasteiger partial charge in [-0.05, 0) is 49.4 Å². The van der Waals surface area contributed by atoms with E-state index in [4.69, 9.17) is 0 Å². The van der Waals surface area contributed by atoms with Crippen LogP contribution in [0.4, 0.5) is 18.9 Å². The van der Waals surface area contributed by atoms with Crippen molar-refractivity contribution in [1.29, 1.82) is 0 Å². The summed E-state index contributed by atoms with van der Waals surface area (Å²) in [6.07, 6.45) is -4.56. The zero-order valence-electron chi connectivity index (χ0n) is 15.4. The van der Waals surface area contributed by atoms with E-state index >= 15 is 0 Å². The van der Waals surface area contributed by atoms with Gasteiger partial charge in [0, 0.05) is 11.3 Å². The zero-order chi connectivity index (χ0) is 20.6. The van der Waals surface area contributed by atoms with E-state index in [-0.39, 0.29) is 11.3 Å². The van der Waals surface area contributed by atoms with Crippen molar-refractivity contribution in [3.05, 3.63) is 89.7 Å². The number of alkyl halides is 3. The van der Waals surface area contributed by atoms with E-state index in [0.717, 1.165) is 23.1 Å². The Kier molecular flexibility index (Phi) is 4.58.